The molecule has 0 aromatic rings. The molecule has 2 saturated heterocycles. The lowest BCUT2D eigenvalue weighted by atomic mass is 9.87. The van der Waals surface area contributed by atoms with Crippen molar-refractivity contribution in [3.63, 3.8) is 0 Å². The molecule has 4 nitrogen and oxygen atoms in total. The van der Waals surface area contributed by atoms with Gasteiger partial charge in [0.2, 0.25) is 0 Å². The average Bonchev–Trinajstić information content (AvgIpc) is 3.26. The summed E-state index contributed by atoms with van der Waals surface area (Å²) < 4.78 is 5.64. The van der Waals surface area contributed by atoms with Gasteiger partial charge in [0.15, 0.2) is 5.96 Å². The van der Waals surface area contributed by atoms with Crippen LogP contribution in [0.1, 0.15) is 58.3 Å². The molecule has 1 aliphatic carbocycles. The maximum Gasteiger partial charge on any atom is 0.193 e. The Kier molecular flexibility index (Phi) is 7.92. The van der Waals surface area contributed by atoms with E-state index >= 15 is 0 Å². The van der Waals surface area contributed by atoms with Crippen LogP contribution in [-0.2, 0) is 4.74 Å². The Morgan fingerprint density at radius 2 is 2.13 bits per heavy atom. The Labute approximate surface area is 158 Å². The summed E-state index contributed by atoms with van der Waals surface area (Å²) >= 11 is 0. The quantitative estimate of drug-likeness (QED) is 0.310. The van der Waals surface area contributed by atoms with E-state index in [9.17, 15) is 0 Å². The first kappa shape index (κ1) is 19.3. The van der Waals surface area contributed by atoms with Gasteiger partial charge < -0.3 is 15.0 Å². The lowest BCUT2D eigenvalue weighted by Gasteiger charge is -2.25. The topological polar surface area (TPSA) is 36.9 Å². The van der Waals surface area contributed by atoms with Gasteiger partial charge in [-0.25, -0.2) is 0 Å². The monoisotopic (exact) mass is 435 g/mol. The number of nitrogens with zero attached hydrogens (tertiary/aromatic N) is 2. The summed E-state index contributed by atoms with van der Waals surface area (Å²) in [6, 6.07) is 0. The summed E-state index contributed by atoms with van der Waals surface area (Å²) in [6.07, 6.45) is 10.9. The van der Waals surface area contributed by atoms with E-state index in [0.29, 0.717) is 5.41 Å². The average molecular weight is 435 g/mol. The molecule has 3 aliphatic rings. The molecule has 0 radical (unpaired) electrons. The Hall–Kier alpha value is -0.0400. The van der Waals surface area contributed by atoms with Gasteiger partial charge in [0.05, 0.1) is 6.61 Å². The summed E-state index contributed by atoms with van der Waals surface area (Å²) in [7, 11) is 0. The first-order valence-corrected chi connectivity index (χ1v) is 9.42. The van der Waals surface area contributed by atoms with Crippen LogP contribution in [0.2, 0.25) is 0 Å². The molecule has 0 bridgehead atoms. The van der Waals surface area contributed by atoms with E-state index < -0.39 is 0 Å². The number of guanidine groups is 1. The maximum absolute atomic E-state index is 5.64. The smallest absolute Gasteiger partial charge is 0.193 e. The van der Waals surface area contributed by atoms with Crippen LogP contribution in [0, 0.1) is 11.3 Å². The first-order valence-electron chi connectivity index (χ1n) is 9.42. The van der Waals surface area contributed by atoms with Gasteiger partial charge in [-0.3, -0.25) is 4.99 Å². The number of likely N-dealkylation sites (tertiary alicyclic amines) is 1. The lowest BCUT2D eigenvalue weighted by molar-refractivity contribution is 0.156. The second kappa shape index (κ2) is 9.44. The van der Waals surface area contributed by atoms with E-state index in [1.807, 2.05) is 0 Å². The highest BCUT2D eigenvalue weighted by Gasteiger charge is 2.42. The number of aliphatic imine (C=N–C) groups is 1. The van der Waals surface area contributed by atoms with Crippen LogP contribution in [0.5, 0.6) is 0 Å². The van der Waals surface area contributed by atoms with Crippen molar-refractivity contribution in [2.24, 2.45) is 16.3 Å². The molecule has 0 aromatic heterocycles. The molecule has 23 heavy (non-hydrogen) atoms. The summed E-state index contributed by atoms with van der Waals surface area (Å²) in [6.45, 7) is 8.27. The summed E-state index contributed by atoms with van der Waals surface area (Å²) in [5.74, 6) is 2.13. The van der Waals surface area contributed by atoms with Crippen molar-refractivity contribution in [3.8, 4) is 0 Å². The van der Waals surface area contributed by atoms with Crippen LogP contribution in [0.25, 0.3) is 0 Å². The standard InChI is InChI=1S/C18H33N3O.HI/c1-2-19-17(20-11-5-8-16-6-3-4-7-16)21-12-9-18(14-21)10-13-22-15-18;/h16H,2-15H2,1H3,(H,19,20);1H. The molecule has 3 rings (SSSR count). The molecule has 1 spiro atoms. The lowest BCUT2D eigenvalue weighted by Crippen LogP contribution is -2.41. The third-order valence-electron chi connectivity index (χ3n) is 5.76. The predicted octanol–water partition coefficient (Wildman–Crippen LogP) is 3.65. The van der Waals surface area contributed by atoms with Crippen LogP contribution >= 0.6 is 24.0 Å². The fourth-order valence-corrected chi connectivity index (χ4v) is 4.38. The van der Waals surface area contributed by atoms with Crippen LogP contribution < -0.4 is 5.32 Å². The minimum Gasteiger partial charge on any atom is -0.381 e. The van der Waals surface area contributed by atoms with Crippen LogP contribution in [0.4, 0.5) is 0 Å². The number of hydrogen-bond acceptors (Lipinski definition) is 2. The predicted molar refractivity (Wildman–Crippen MR) is 107 cm³/mol. The largest absolute Gasteiger partial charge is 0.381 e. The molecule has 1 saturated carbocycles. The maximum atomic E-state index is 5.64. The zero-order valence-electron chi connectivity index (χ0n) is 14.7. The number of nitrogens with one attached hydrogen (secondary N) is 1. The second-order valence-electron chi connectivity index (χ2n) is 7.50. The fraction of sp³-hybridized carbons (Fsp3) is 0.944. The minimum atomic E-state index is 0. The second-order valence-corrected chi connectivity index (χ2v) is 7.50. The number of halogens is 1. The fourth-order valence-electron chi connectivity index (χ4n) is 4.38. The highest BCUT2D eigenvalue weighted by Crippen LogP contribution is 2.38. The van der Waals surface area contributed by atoms with Gasteiger partial charge in [-0.05, 0) is 38.5 Å². The first-order chi connectivity index (χ1) is 10.8. The van der Waals surface area contributed by atoms with Gasteiger partial charge in [-0.15, -0.1) is 24.0 Å². The van der Waals surface area contributed by atoms with Crippen LogP contribution in [0.15, 0.2) is 4.99 Å². The molecule has 0 aromatic carbocycles. The van der Waals surface area contributed by atoms with Crippen molar-refractivity contribution >= 4 is 29.9 Å². The Morgan fingerprint density at radius 1 is 1.30 bits per heavy atom. The Bertz CT molecular complexity index is 376. The van der Waals surface area contributed by atoms with E-state index in [1.54, 1.807) is 0 Å². The van der Waals surface area contributed by atoms with E-state index in [0.717, 1.165) is 51.3 Å². The molecule has 134 valence electrons. The van der Waals surface area contributed by atoms with E-state index in [-0.39, 0.29) is 24.0 Å². The van der Waals surface area contributed by atoms with Crippen molar-refractivity contribution in [2.45, 2.75) is 58.3 Å². The molecule has 0 amide bonds. The van der Waals surface area contributed by atoms with Crippen molar-refractivity contribution in [2.75, 3.05) is 39.4 Å². The SMILES string of the molecule is CCNC(=NCCCC1CCCC1)N1CCC2(CCOC2)C1.I. The van der Waals surface area contributed by atoms with Gasteiger partial charge >= 0.3 is 0 Å². The molecule has 3 fully saturated rings. The van der Waals surface area contributed by atoms with Gasteiger partial charge in [-0.2, -0.15) is 0 Å². The minimum absolute atomic E-state index is 0. The van der Waals surface area contributed by atoms with Gasteiger partial charge in [0, 0.05) is 38.2 Å². The summed E-state index contributed by atoms with van der Waals surface area (Å²) in [5.41, 5.74) is 0.417. The number of hydrogen-bond donors (Lipinski definition) is 1. The zero-order chi connectivity index (χ0) is 15.3. The normalized spacial score (nSPS) is 28.6. The van der Waals surface area contributed by atoms with Crippen molar-refractivity contribution in [1.29, 1.82) is 0 Å². The molecular formula is C18H34IN3O. The molecular weight excluding hydrogens is 401 g/mol. The highest BCUT2D eigenvalue weighted by molar-refractivity contribution is 14.0. The van der Waals surface area contributed by atoms with Crippen LogP contribution in [-0.4, -0.2) is 50.3 Å². The van der Waals surface area contributed by atoms with Crippen molar-refractivity contribution < 1.29 is 4.74 Å². The van der Waals surface area contributed by atoms with Gasteiger partial charge in [-0.1, -0.05) is 25.7 Å². The zero-order valence-corrected chi connectivity index (χ0v) is 17.0. The number of ether oxygens (including phenoxy) is 1. The van der Waals surface area contributed by atoms with Crippen molar-refractivity contribution in [1.82, 2.24) is 10.2 Å². The third-order valence-corrected chi connectivity index (χ3v) is 5.76. The summed E-state index contributed by atoms with van der Waals surface area (Å²) in [4.78, 5) is 7.37. The molecule has 2 aliphatic heterocycles. The number of rotatable bonds is 5. The molecule has 1 unspecified atom stereocenters. The van der Waals surface area contributed by atoms with Gasteiger partial charge in [0.25, 0.3) is 0 Å². The molecule has 5 heteroatoms. The Morgan fingerprint density at radius 3 is 2.83 bits per heavy atom. The Balaban J connectivity index is 0.00000192. The third kappa shape index (κ3) is 5.21. The van der Waals surface area contributed by atoms with Gasteiger partial charge in [0.1, 0.15) is 0 Å². The van der Waals surface area contributed by atoms with E-state index in [1.165, 1.54) is 51.4 Å². The molecule has 2 heterocycles. The van der Waals surface area contributed by atoms with E-state index in [2.05, 4.69) is 17.1 Å². The summed E-state index contributed by atoms with van der Waals surface area (Å²) in [5, 5.41) is 3.49. The highest BCUT2D eigenvalue weighted by atomic mass is 127. The van der Waals surface area contributed by atoms with E-state index in [4.69, 9.17) is 9.73 Å². The molecule has 1 atom stereocenters. The van der Waals surface area contributed by atoms with Crippen molar-refractivity contribution in [3.05, 3.63) is 0 Å². The molecule has 1 N–H and O–H groups in total. The van der Waals surface area contributed by atoms with Crippen LogP contribution in [0.3, 0.4) is 0 Å².